The van der Waals surface area contributed by atoms with E-state index in [1.807, 2.05) is 30.8 Å². The van der Waals surface area contributed by atoms with Crippen LogP contribution < -0.4 is 5.32 Å². The van der Waals surface area contributed by atoms with Gasteiger partial charge in [0.05, 0.1) is 5.56 Å². The number of aliphatic hydroxyl groups is 1. The largest absolute Gasteiger partial charge is 0.384 e. The molecule has 0 aliphatic heterocycles. The summed E-state index contributed by atoms with van der Waals surface area (Å²) in [6, 6.07) is 5.56. The Balaban J connectivity index is 2.57. The molecule has 1 aromatic rings. The highest BCUT2D eigenvalue weighted by molar-refractivity contribution is 7.98. The maximum atomic E-state index is 12.2. The summed E-state index contributed by atoms with van der Waals surface area (Å²) in [6.45, 7) is 2.44. The molecule has 4 heteroatoms. The molecule has 114 valence electrons. The van der Waals surface area contributed by atoms with Crippen molar-refractivity contribution in [3.63, 3.8) is 0 Å². The molecule has 0 saturated carbocycles. The molecule has 1 amide bonds. The molecule has 0 aliphatic carbocycles. The second kappa shape index (κ2) is 10.3. The summed E-state index contributed by atoms with van der Waals surface area (Å²) < 4.78 is 0. The van der Waals surface area contributed by atoms with Gasteiger partial charge in [-0.15, -0.1) is 0 Å². The highest BCUT2D eigenvalue weighted by Crippen LogP contribution is 2.11. The topological polar surface area (TPSA) is 49.3 Å². The van der Waals surface area contributed by atoms with Gasteiger partial charge in [0.1, 0.15) is 6.61 Å². The molecule has 1 aromatic carbocycles. The number of amides is 1. The summed E-state index contributed by atoms with van der Waals surface area (Å²) >= 11 is 1.85. The predicted molar refractivity (Wildman–Crippen MR) is 89.7 cm³/mol. The lowest BCUT2D eigenvalue weighted by molar-refractivity contribution is 0.0952. The second-order valence-electron chi connectivity index (χ2n) is 4.82. The van der Waals surface area contributed by atoms with Crippen molar-refractivity contribution >= 4 is 17.7 Å². The Bertz CT molecular complexity index is 517. The summed E-state index contributed by atoms with van der Waals surface area (Å²) in [5.74, 6) is 6.52. The number of hydrogen-bond acceptors (Lipinski definition) is 3. The van der Waals surface area contributed by atoms with Crippen LogP contribution in [0.3, 0.4) is 0 Å². The molecule has 0 radical (unpaired) electrons. The van der Waals surface area contributed by atoms with Crippen molar-refractivity contribution in [2.75, 3.05) is 25.2 Å². The van der Waals surface area contributed by atoms with E-state index in [0.29, 0.717) is 17.7 Å². The number of rotatable bonds is 7. The van der Waals surface area contributed by atoms with Crippen LogP contribution in [0.1, 0.15) is 40.7 Å². The van der Waals surface area contributed by atoms with E-state index in [9.17, 15) is 4.79 Å². The zero-order valence-corrected chi connectivity index (χ0v) is 13.6. The van der Waals surface area contributed by atoms with Crippen LogP contribution in [-0.2, 0) is 0 Å². The fourth-order valence-corrected chi connectivity index (χ4v) is 2.43. The third kappa shape index (κ3) is 6.70. The minimum atomic E-state index is -0.204. The van der Waals surface area contributed by atoms with Crippen LogP contribution in [0, 0.1) is 18.8 Å². The molecule has 0 aliphatic rings. The Hall–Kier alpha value is -1.44. The molecule has 0 heterocycles. The number of benzene rings is 1. The molecule has 0 bridgehead atoms. The summed E-state index contributed by atoms with van der Waals surface area (Å²) in [4.78, 5) is 12.2. The average Bonchev–Trinajstić information content (AvgIpc) is 2.48. The lowest BCUT2D eigenvalue weighted by Gasteiger charge is -2.08. The maximum Gasteiger partial charge on any atom is 0.252 e. The molecule has 0 aromatic heterocycles. The van der Waals surface area contributed by atoms with E-state index >= 15 is 0 Å². The Kier molecular flexibility index (Phi) is 8.65. The SMILES string of the molecule is CSCCCCCNC(=O)c1ccc(C)cc1C#CCO. The highest BCUT2D eigenvalue weighted by atomic mass is 32.2. The lowest BCUT2D eigenvalue weighted by Crippen LogP contribution is -2.25. The quantitative estimate of drug-likeness (QED) is 0.601. The van der Waals surface area contributed by atoms with Crippen LogP contribution in [0.4, 0.5) is 0 Å². The molecule has 0 saturated heterocycles. The van der Waals surface area contributed by atoms with Crippen LogP contribution in [-0.4, -0.2) is 36.2 Å². The monoisotopic (exact) mass is 305 g/mol. The molecule has 1 rings (SSSR count). The first kappa shape index (κ1) is 17.6. The fourth-order valence-electron chi connectivity index (χ4n) is 1.94. The minimum Gasteiger partial charge on any atom is -0.384 e. The molecule has 0 spiro atoms. The van der Waals surface area contributed by atoms with Gasteiger partial charge >= 0.3 is 0 Å². The molecule has 3 nitrogen and oxygen atoms in total. The zero-order valence-electron chi connectivity index (χ0n) is 12.7. The smallest absolute Gasteiger partial charge is 0.252 e. The van der Waals surface area contributed by atoms with E-state index in [1.165, 1.54) is 12.2 Å². The first-order valence-corrected chi connectivity index (χ1v) is 8.56. The van der Waals surface area contributed by atoms with Crippen molar-refractivity contribution in [2.45, 2.75) is 26.2 Å². The summed E-state index contributed by atoms with van der Waals surface area (Å²) in [5.41, 5.74) is 2.29. The number of aryl methyl sites for hydroxylation is 1. The third-order valence-electron chi connectivity index (χ3n) is 3.03. The molecular weight excluding hydrogens is 282 g/mol. The van der Waals surface area contributed by atoms with E-state index < -0.39 is 0 Å². The van der Waals surface area contributed by atoms with Gasteiger partial charge in [0, 0.05) is 12.1 Å². The van der Waals surface area contributed by atoms with E-state index in [1.54, 1.807) is 6.07 Å². The molecule has 0 atom stereocenters. The van der Waals surface area contributed by atoms with E-state index in [4.69, 9.17) is 5.11 Å². The molecule has 0 unspecified atom stereocenters. The number of aliphatic hydroxyl groups excluding tert-OH is 1. The number of hydrogen-bond donors (Lipinski definition) is 2. The third-order valence-corrected chi connectivity index (χ3v) is 3.73. The number of unbranched alkanes of at least 4 members (excludes halogenated alkanes) is 2. The Labute approximate surface area is 131 Å². The van der Waals surface area contributed by atoms with Gasteiger partial charge in [-0.25, -0.2) is 0 Å². The Morgan fingerprint density at radius 2 is 2.14 bits per heavy atom. The van der Waals surface area contributed by atoms with Gasteiger partial charge in [-0.05, 0) is 49.5 Å². The van der Waals surface area contributed by atoms with E-state index in [2.05, 4.69) is 23.4 Å². The molecule has 21 heavy (non-hydrogen) atoms. The van der Waals surface area contributed by atoms with E-state index in [0.717, 1.165) is 18.4 Å². The van der Waals surface area contributed by atoms with Crippen LogP contribution in [0.2, 0.25) is 0 Å². The second-order valence-corrected chi connectivity index (χ2v) is 5.80. The van der Waals surface area contributed by atoms with Crippen molar-refractivity contribution in [3.05, 3.63) is 34.9 Å². The summed E-state index contributed by atoms with van der Waals surface area (Å²) in [6.07, 6.45) is 5.42. The van der Waals surface area contributed by atoms with Gasteiger partial charge < -0.3 is 10.4 Å². The van der Waals surface area contributed by atoms with Crippen molar-refractivity contribution in [3.8, 4) is 11.8 Å². The normalized spacial score (nSPS) is 9.86. The van der Waals surface area contributed by atoms with Gasteiger partial charge in [-0.2, -0.15) is 11.8 Å². The lowest BCUT2D eigenvalue weighted by atomic mass is 10.0. The number of nitrogens with one attached hydrogen (secondary N) is 1. The standard InChI is InChI=1S/C17H23NO2S/c1-14-8-9-16(15(13-14)7-6-11-19)17(20)18-10-4-3-5-12-21-2/h8-9,13,19H,3-5,10-12H2,1-2H3,(H,18,20). The minimum absolute atomic E-state index is 0.0953. The van der Waals surface area contributed by atoms with Gasteiger partial charge in [0.25, 0.3) is 5.91 Å². The van der Waals surface area contributed by atoms with Crippen molar-refractivity contribution in [1.82, 2.24) is 5.32 Å². The first-order valence-electron chi connectivity index (χ1n) is 7.16. The van der Waals surface area contributed by atoms with Crippen LogP contribution in [0.25, 0.3) is 0 Å². The molecule has 2 N–H and O–H groups in total. The van der Waals surface area contributed by atoms with Crippen LogP contribution >= 0.6 is 11.8 Å². The summed E-state index contributed by atoms with van der Waals surface area (Å²) in [5, 5.41) is 11.7. The van der Waals surface area contributed by atoms with E-state index in [-0.39, 0.29) is 12.5 Å². The number of thioether (sulfide) groups is 1. The first-order chi connectivity index (χ1) is 10.2. The highest BCUT2D eigenvalue weighted by Gasteiger charge is 2.09. The van der Waals surface area contributed by atoms with Gasteiger partial charge in [-0.1, -0.05) is 24.3 Å². The molecule has 0 fully saturated rings. The van der Waals surface area contributed by atoms with Crippen molar-refractivity contribution in [1.29, 1.82) is 0 Å². The Morgan fingerprint density at radius 1 is 1.33 bits per heavy atom. The molecular formula is C17H23NO2S. The summed E-state index contributed by atoms with van der Waals surface area (Å²) in [7, 11) is 0. The van der Waals surface area contributed by atoms with Gasteiger partial charge in [-0.3, -0.25) is 4.79 Å². The van der Waals surface area contributed by atoms with Crippen molar-refractivity contribution in [2.24, 2.45) is 0 Å². The number of carbonyl (C=O) groups is 1. The average molecular weight is 305 g/mol. The Morgan fingerprint density at radius 3 is 2.86 bits per heavy atom. The van der Waals surface area contributed by atoms with Crippen LogP contribution in [0.5, 0.6) is 0 Å². The van der Waals surface area contributed by atoms with Gasteiger partial charge in [0.2, 0.25) is 0 Å². The maximum absolute atomic E-state index is 12.2. The fraction of sp³-hybridized carbons (Fsp3) is 0.471. The predicted octanol–water partition coefficient (Wildman–Crippen LogP) is 2.60. The zero-order chi connectivity index (χ0) is 15.5. The van der Waals surface area contributed by atoms with Gasteiger partial charge in [0.15, 0.2) is 0 Å². The van der Waals surface area contributed by atoms with Crippen molar-refractivity contribution < 1.29 is 9.90 Å². The van der Waals surface area contributed by atoms with Crippen LogP contribution in [0.15, 0.2) is 18.2 Å². The number of carbonyl (C=O) groups excluding carboxylic acids is 1.